The second-order valence-electron chi connectivity index (χ2n) is 7.77. The normalized spacial score (nSPS) is 16.8. The minimum atomic E-state index is -0.260. The van der Waals surface area contributed by atoms with Crippen LogP contribution in [0.1, 0.15) is 46.1 Å². The van der Waals surface area contributed by atoms with Crippen molar-refractivity contribution >= 4 is 17.5 Å². The average Bonchev–Trinajstić information content (AvgIpc) is 2.56. The number of rotatable bonds is 6. The zero-order valence-corrected chi connectivity index (χ0v) is 16.4. The Labute approximate surface area is 155 Å². The first-order chi connectivity index (χ1) is 11.8. The SMILES string of the molecule is CC(C)C(NC(=O)C1CCN(Cc2c(F)cccc2Cl)CC1)C(C)C. The molecule has 0 spiro atoms. The fraction of sp³-hybridized carbons (Fsp3) is 0.650. The quantitative estimate of drug-likeness (QED) is 0.802. The van der Waals surface area contributed by atoms with Crippen LogP contribution >= 0.6 is 11.6 Å². The number of piperidine rings is 1. The van der Waals surface area contributed by atoms with Crippen molar-refractivity contribution < 1.29 is 9.18 Å². The highest BCUT2D eigenvalue weighted by molar-refractivity contribution is 6.31. The highest BCUT2D eigenvalue weighted by Gasteiger charge is 2.28. The van der Waals surface area contributed by atoms with E-state index in [0.29, 0.717) is 29.0 Å². The van der Waals surface area contributed by atoms with Crippen LogP contribution in [0.5, 0.6) is 0 Å². The van der Waals surface area contributed by atoms with Crippen LogP contribution in [0.2, 0.25) is 5.02 Å². The molecule has 0 aliphatic carbocycles. The van der Waals surface area contributed by atoms with E-state index in [9.17, 15) is 9.18 Å². The lowest BCUT2D eigenvalue weighted by molar-refractivity contribution is -0.127. The van der Waals surface area contributed by atoms with Crippen molar-refractivity contribution in [2.45, 2.75) is 53.1 Å². The Morgan fingerprint density at radius 3 is 2.36 bits per heavy atom. The zero-order chi connectivity index (χ0) is 18.6. The van der Waals surface area contributed by atoms with Gasteiger partial charge in [-0.1, -0.05) is 45.4 Å². The molecule has 0 bridgehead atoms. The molecule has 1 aliphatic heterocycles. The van der Waals surface area contributed by atoms with E-state index in [1.54, 1.807) is 12.1 Å². The molecule has 0 unspecified atom stereocenters. The summed E-state index contributed by atoms with van der Waals surface area (Å²) in [7, 11) is 0. The van der Waals surface area contributed by atoms with Crippen LogP contribution in [0.4, 0.5) is 4.39 Å². The number of amides is 1. The topological polar surface area (TPSA) is 32.3 Å². The smallest absolute Gasteiger partial charge is 0.223 e. The van der Waals surface area contributed by atoms with E-state index in [1.807, 2.05) is 0 Å². The summed E-state index contributed by atoms with van der Waals surface area (Å²) in [5.41, 5.74) is 0.548. The molecule has 1 N–H and O–H groups in total. The Hall–Kier alpha value is -1.13. The summed E-state index contributed by atoms with van der Waals surface area (Å²) < 4.78 is 13.9. The van der Waals surface area contributed by atoms with Gasteiger partial charge in [-0.25, -0.2) is 4.39 Å². The summed E-state index contributed by atoms with van der Waals surface area (Å²) in [5, 5.41) is 3.70. The van der Waals surface area contributed by atoms with Gasteiger partial charge in [0.1, 0.15) is 5.82 Å². The van der Waals surface area contributed by atoms with E-state index >= 15 is 0 Å². The minimum absolute atomic E-state index is 0.0485. The third kappa shape index (κ3) is 5.42. The lowest BCUT2D eigenvalue weighted by atomic mass is 9.90. The molecular formula is C20H30ClFN2O. The maximum absolute atomic E-state index is 13.9. The van der Waals surface area contributed by atoms with Gasteiger partial charge in [0, 0.05) is 29.1 Å². The first-order valence-corrected chi connectivity index (χ1v) is 9.63. The number of hydrogen-bond donors (Lipinski definition) is 1. The molecule has 25 heavy (non-hydrogen) atoms. The lowest BCUT2D eigenvalue weighted by Crippen LogP contribution is -2.47. The molecule has 5 heteroatoms. The maximum Gasteiger partial charge on any atom is 0.223 e. The Bertz CT molecular complexity index is 555. The number of nitrogens with one attached hydrogen (secondary N) is 1. The van der Waals surface area contributed by atoms with Gasteiger partial charge in [0.25, 0.3) is 0 Å². The molecule has 140 valence electrons. The van der Waals surface area contributed by atoms with Crippen molar-refractivity contribution in [2.24, 2.45) is 17.8 Å². The fourth-order valence-corrected chi connectivity index (χ4v) is 3.87. The predicted octanol–water partition coefficient (Wildman–Crippen LogP) is 4.49. The van der Waals surface area contributed by atoms with Crippen LogP contribution in [-0.4, -0.2) is 29.9 Å². The van der Waals surface area contributed by atoms with Gasteiger partial charge in [-0.05, 0) is 49.9 Å². The maximum atomic E-state index is 13.9. The van der Waals surface area contributed by atoms with Gasteiger partial charge < -0.3 is 5.32 Å². The first-order valence-electron chi connectivity index (χ1n) is 9.25. The molecule has 1 heterocycles. The molecule has 1 aliphatic rings. The fourth-order valence-electron chi connectivity index (χ4n) is 3.65. The molecule has 1 fully saturated rings. The van der Waals surface area contributed by atoms with Gasteiger partial charge in [-0.3, -0.25) is 9.69 Å². The number of nitrogens with zero attached hydrogens (tertiary/aromatic N) is 1. The molecule has 1 saturated heterocycles. The summed E-state index contributed by atoms with van der Waals surface area (Å²) in [6.45, 7) is 10.7. The van der Waals surface area contributed by atoms with E-state index in [0.717, 1.165) is 25.9 Å². The second kappa shape index (κ2) is 9.00. The molecule has 1 amide bonds. The lowest BCUT2D eigenvalue weighted by Gasteiger charge is -2.33. The van der Waals surface area contributed by atoms with Crippen LogP contribution in [-0.2, 0) is 11.3 Å². The molecule has 0 aromatic heterocycles. The van der Waals surface area contributed by atoms with E-state index in [2.05, 4.69) is 37.9 Å². The summed E-state index contributed by atoms with van der Waals surface area (Å²) >= 11 is 6.11. The van der Waals surface area contributed by atoms with Crippen LogP contribution in [0, 0.1) is 23.6 Å². The first kappa shape index (κ1) is 20.2. The van der Waals surface area contributed by atoms with Gasteiger partial charge in [0.15, 0.2) is 0 Å². The third-order valence-corrected chi connectivity index (χ3v) is 5.50. The van der Waals surface area contributed by atoms with E-state index < -0.39 is 0 Å². The third-order valence-electron chi connectivity index (χ3n) is 5.15. The summed E-state index contributed by atoms with van der Waals surface area (Å²) in [5.74, 6) is 0.798. The van der Waals surface area contributed by atoms with Gasteiger partial charge >= 0.3 is 0 Å². The second-order valence-corrected chi connectivity index (χ2v) is 8.18. The number of hydrogen-bond acceptors (Lipinski definition) is 2. The van der Waals surface area contributed by atoms with Crippen LogP contribution in [0.15, 0.2) is 18.2 Å². The monoisotopic (exact) mass is 368 g/mol. The Morgan fingerprint density at radius 2 is 1.84 bits per heavy atom. The van der Waals surface area contributed by atoms with Crippen LogP contribution in [0.3, 0.4) is 0 Å². The number of carbonyl (C=O) groups excluding carboxylic acids is 1. The molecule has 1 aromatic rings. The zero-order valence-electron chi connectivity index (χ0n) is 15.7. The molecule has 3 nitrogen and oxygen atoms in total. The number of likely N-dealkylation sites (tertiary alicyclic amines) is 1. The van der Waals surface area contributed by atoms with Gasteiger partial charge in [0.2, 0.25) is 5.91 Å². The van der Waals surface area contributed by atoms with Crippen LogP contribution < -0.4 is 5.32 Å². The van der Waals surface area contributed by atoms with Gasteiger partial charge in [0.05, 0.1) is 0 Å². The van der Waals surface area contributed by atoms with Gasteiger partial charge in [-0.2, -0.15) is 0 Å². The molecule has 0 atom stereocenters. The minimum Gasteiger partial charge on any atom is -0.353 e. The van der Waals surface area contributed by atoms with E-state index in [-0.39, 0.29) is 23.7 Å². The Balaban J connectivity index is 1.88. The van der Waals surface area contributed by atoms with Crippen molar-refractivity contribution in [2.75, 3.05) is 13.1 Å². The molecule has 1 aromatic carbocycles. The van der Waals surface area contributed by atoms with Crippen molar-refractivity contribution in [1.29, 1.82) is 0 Å². The molecular weight excluding hydrogens is 339 g/mol. The van der Waals surface area contributed by atoms with E-state index in [4.69, 9.17) is 11.6 Å². The van der Waals surface area contributed by atoms with Crippen molar-refractivity contribution in [3.63, 3.8) is 0 Å². The largest absolute Gasteiger partial charge is 0.353 e. The number of carbonyl (C=O) groups is 1. The number of benzene rings is 1. The summed E-state index contributed by atoms with van der Waals surface area (Å²) in [6.07, 6.45) is 1.61. The standard InChI is InChI=1S/C20H30ClFN2O/c1-13(2)19(14(3)4)23-20(25)15-8-10-24(11-9-15)12-16-17(21)6-5-7-18(16)22/h5-7,13-15,19H,8-12H2,1-4H3,(H,23,25). The summed E-state index contributed by atoms with van der Waals surface area (Å²) in [4.78, 5) is 14.8. The highest BCUT2D eigenvalue weighted by atomic mass is 35.5. The molecule has 0 saturated carbocycles. The average molecular weight is 369 g/mol. The van der Waals surface area contributed by atoms with Crippen molar-refractivity contribution in [1.82, 2.24) is 10.2 Å². The number of halogens is 2. The van der Waals surface area contributed by atoms with E-state index in [1.165, 1.54) is 6.07 Å². The molecule has 2 rings (SSSR count). The van der Waals surface area contributed by atoms with Crippen LogP contribution in [0.25, 0.3) is 0 Å². The van der Waals surface area contributed by atoms with Gasteiger partial charge in [-0.15, -0.1) is 0 Å². The summed E-state index contributed by atoms with van der Waals surface area (Å²) in [6, 6.07) is 5.00. The Kier molecular flexibility index (Phi) is 7.26. The van der Waals surface area contributed by atoms with Crippen molar-refractivity contribution in [3.8, 4) is 0 Å². The predicted molar refractivity (Wildman–Crippen MR) is 101 cm³/mol. The van der Waals surface area contributed by atoms with Crippen molar-refractivity contribution in [3.05, 3.63) is 34.6 Å². The molecule has 0 radical (unpaired) electrons. The highest BCUT2D eigenvalue weighted by Crippen LogP contribution is 2.25. The Morgan fingerprint density at radius 1 is 1.24 bits per heavy atom.